The predicted octanol–water partition coefficient (Wildman–Crippen LogP) is 4.85. The summed E-state index contributed by atoms with van der Waals surface area (Å²) >= 11 is 4.83. The monoisotopic (exact) mass is 305 g/mol. The van der Waals surface area contributed by atoms with Gasteiger partial charge in [0.05, 0.1) is 9.98 Å². The number of nitrogens with zero attached hydrogens (tertiary/aromatic N) is 1. The van der Waals surface area contributed by atoms with Gasteiger partial charge in [0.25, 0.3) is 5.19 Å². The highest BCUT2D eigenvalue weighted by atomic mass is 79.9. The van der Waals surface area contributed by atoms with Crippen molar-refractivity contribution in [2.24, 2.45) is 0 Å². The molecule has 0 bridgehead atoms. The van der Waals surface area contributed by atoms with E-state index in [1.54, 1.807) is 6.20 Å². The molecule has 0 fully saturated rings. The molecule has 1 heterocycles. The maximum absolute atomic E-state index is 5.68. The highest BCUT2D eigenvalue weighted by Crippen LogP contribution is 2.30. The van der Waals surface area contributed by atoms with Crippen LogP contribution in [0.1, 0.15) is 0 Å². The summed E-state index contributed by atoms with van der Waals surface area (Å²) in [6.07, 6.45) is 1.74. The molecule has 0 saturated carbocycles. The SMILES string of the molecule is Brc1cnc(Oc2ccc3ccccc3c2)s1. The lowest BCUT2D eigenvalue weighted by atomic mass is 10.1. The summed E-state index contributed by atoms with van der Waals surface area (Å²) in [6, 6.07) is 14.2. The molecule has 0 atom stereocenters. The van der Waals surface area contributed by atoms with Crippen molar-refractivity contribution >= 4 is 38.0 Å². The number of rotatable bonds is 2. The normalized spacial score (nSPS) is 10.6. The average Bonchev–Trinajstić information content (AvgIpc) is 2.75. The van der Waals surface area contributed by atoms with E-state index in [0.717, 1.165) is 9.54 Å². The standard InChI is InChI=1S/C13H8BrNOS/c14-12-8-15-13(17-12)16-11-6-5-9-3-1-2-4-10(9)7-11/h1-8H. The van der Waals surface area contributed by atoms with Gasteiger partial charge in [0.1, 0.15) is 5.75 Å². The first-order chi connectivity index (χ1) is 8.31. The second-order valence-electron chi connectivity index (χ2n) is 3.54. The Morgan fingerprint density at radius 1 is 1.06 bits per heavy atom. The number of thiazole rings is 1. The summed E-state index contributed by atoms with van der Waals surface area (Å²) in [5.74, 6) is 0.811. The van der Waals surface area contributed by atoms with Crippen molar-refractivity contribution < 1.29 is 4.74 Å². The van der Waals surface area contributed by atoms with Gasteiger partial charge in [-0.05, 0) is 38.8 Å². The van der Waals surface area contributed by atoms with E-state index >= 15 is 0 Å². The molecule has 0 aliphatic rings. The summed E-state index contributed by atoms with van der Waals surface area (Å²) < 4.78 is 6.65. The van der Waals surface area contributed by atoms with E-state index < -0.39 is 0 Å². The third-order valence-electron chi connectivity index (χ3n) is 2.38. The highest BCUT2D eigenvalue weighted by molar-refractivity contribution is 9.11. The van der Waals surface area contributed by atoms with Crippen LogP contribution in [0, 0.1) is 0 Å². The zero-order valence-corrected chi connectivity index (χ0v) is 11.2. The molecule has 1 aromatic heterocycles. The van der Waals surface area contributed by atoms with Crippen LogP contribution in [0.25, 0.3) is 10.8 Å². The fourth-order valence-electron chi connectivity index (χ4n) is 1.62. The van der Waals surface area contributed by atoms with Crippen LogP contribution in [-0.4, -0.2) is 4.98 Å². The first-order valence-electron chi connectivity index (χ1n) is 5.09. The summed E-state index contributed by atoms with van der Waals surface area (Å²) in [6.45, 7) is 0. The van der Waals surface area contributed by atoms with E-state index in [0.29, 0.717) is 5.19 Å². The van der Waals surface area contributed by atoms with Gasteiger partial charge in [0.2, 0.25) is 0 Å². The van der Waals surface area contributed by atoms with Gasteiger partial charge in [0, 0.05) is 0 Å². The Morgan fingerprint density at radius 2 is 1.88 bits per heavy atom. The van der Waals surface area contributed by atoms with Crippen molar-refractivity contribution in [3.05, 3.63) is 52.4 Å². The topological polar surface area (TPSA) is 22.1 Å². The molecule has 2 nitrogen and oxygen atoms in total. The van der Waals surface area contributed by atoms with Gasteiger partial charge < -0.3 is 4.74 Å². The average molecular weight is 306 g/mol. The van der Waals surface area contributed by atoms with Crippen LogP contribution in [0.15, 0.2) is 52.4 Å². The van der Waals surface area contributed by atoms with Crippen LogP contribution in [0.3, 0.4) is 0 Å². The van der Waals surface area contributed by atoms with Crippen LogP contribution in [0.5, 0.6) is 10.9 Å². The van der Waals surface area contributed by atoms with Crippen molar-refractivity contribution in [3.8, 4) is 10.9 Å². The Labute approximate surface area is 111 Å². The molecule has 0 aliphatic carbocycles. The van der Waals surface area contributed by atoms with E-state index in [-0.39, 0.29) is 0 Å². The largest absolute Gasteiger partial charge is 0.431 e. The number of halogens is 1. The minimum Gasteiger partial charge on any atom is -0.431 e. The molecular weight excluding hydrogens is 298 g/mol. The third-order valence-corrected chi connectivity index (χ3v) is 3.74. The molecule has 4 heteroatoms. The van der Waals surface area contributed by atoms with Crippen LogP contribution in [-0.2, 0) is 0 Å². The molecule has 0 N–H and O–H groups in total. The fourth-order valence-corrected chi connectivity index (χ4v) is 2.65. The summed E-state index contributed by atoms with van der Waals surface area (Å²) in [7, 11) is 0. The number of hydrogen-bond donors (Lipinski definition) is 0. The first kappa shape index (κ1) is 10.7. The molecule has 17 heavy (non-hydrogen) atoms. The number of hydrogen-bond acceptors (Lipinski definition) is 3. The second-order valence-corrected chi connectivity index (χ2v) is 5.91. The van der Waals surface area contributed by atoms with Gasteiger partial charge in [-0.15, -0.1) is 0 Å². The smallest absolute Gasteiger partial charge is 0.279 e. The Balaban J connectivity index is 1.95. The Kier molecular flexibility index (Phi) is 2.82. The van der Waals surface area contributed by atoms with Crippen molar-refractivity contribution in [1.82, 2.24) is 4.98 Å². The molecule has 3 rings (SSSR count). The van der Waals surface area contributed by atoms with Crippen LogP contribution in [0.2, 0.25) is 0 Å². The lowest BCUT2D eigenvalue weighted by Gasteiger charge is -2.03. The van der Waals surface area contributed by atoms with Gasteiger partial charge in [-0.1, -0.05) is 41.7 Å². The summed E-state index contributed by atoms with van der Waals surface area (Å²) in [5.41, 5.74) is 0. The number of aromatic nitrogens is 1. The predicted molar refractivity (Wildman–Crippen MR) is 73.8 cm³/mol. The minimum absolute atomic E-state index is 0.646. The second kappa shape index (κ2) is 4.47. The van der Waals surface area contributed by atoms with E-state index in [1.165, 1.54) is 22.1 Å². The van der Waals surface area contributed by atoms with Crippen LogP contribution < -0.4 is 4.74 Å². The van der Waals surface area contributed by atoms with Crippen LogP contribution in [0.4, 0.5) is 0 Å². The minimum atomic E-state index is 0.646. The zero-order chi connectivity index (χ0) is 11.7. The maximum atomic E-state index is 5.68. The van der Waals surface area contributed by atoms with E-state index in [1.807, 2.05) is 30.3 Å². The number of ether oxygens (including phenoxy) is 1. The summed E-state index contributed by atoms with van der Waals surface area (Å²) in [4.78, 5) is 4.14. The molecule has 84 valence electrons. The molecule has 0 radical (unpaired) electrons. The van der Waals surface area contributed by atoms with Gasteiger partial charge in [-0.3, -0.25) is 0 Å². The molecule has 2 aromatic carbocycles. The lowest BCUT2D eigenvalue weighted by molar-refractivity contribution is 0.479. The van der Waals surface area contributed by atoms with Crippen LogP contribution >= 0.6 is 27.3 Å². The Hall–Kier alpha value is -1.39. The van der Waals surface area contributed by atoms with Crippen molar-refractivity contribution in [2.45, 2.75) is 0 Å². The molecule has 0 saturated heterocycles. The molecule has 0 amide bonds. The fraction of sp³-hybridized carbons (Fsp3) is 0. The third kappa shape index (κ3) is 2.33. The van der Waals surface area contributed by atoms with Gasteiger partial charge in [-0.2, -0.15) is 0 Å². The first-order valence-corrected chi connectivity index (χ1v) is 6.70. The zero-order valence-electron chi connectivity index (χ0n) is 8.76. The maximum Gasteiger partial charge on any atom is 0.279 e. The molecule has 3 aromatic rings. The van der Waals surface area contributed by atoms with E-state index in [2.05, 4.69) is 33.0 Å². The Bertz CT molecular complexity index is 665. The van der Waals surface area contributed by atoms with E-state index in [9.17, 15) is 0 Å². The highest BCUT2D eigenvalue weighted by Gasteiger charge is 2.03. The number of fused-ring (bicyclic) bond motifs is 1. The Morgan fingerprint density at radius 3 is 2.65 bits per heavy atom. The van der Waals surface area contributed by atoms with Gasteiger partial charge in [0.15, 0.2) is 0 Å². The lowest BCUT2D eigenvalue weighted by Crippen LogP contribution is -1.82. The quantitative estimate of drug-likeness (QED) is 0.675. The van der Waals surface area contributed by atoms with Crippen molar-refractivity contribution in [2.75, 3.05) is 0 Å². The van der Waals surface area contributed by atoms with Crippen molar-refractivity contribution in [3.63, 3.8) is 0 Å². The number of benzene rings is 2. The van der Waals surface area contributed by atoms with E-state index in [4.69, 9.17) is 4.74 Å². The summed E-state index contributed by atoms with van der Waals surface area (Å²) in [5, 5.41) is 3.02. The molecule has 0 unspecified atom stereocenters. The molecule has 0 aliphatic heterocycles. The molecule has 0 spiro atoms. The van der Waals surface area contributed by atoms with Crippen molar-refractivity contribution in [1.29, 1.82) is 0 Å². The molecular formula is C13H8BrNOS. The van der Waals surface area contributed by atoms with Gasteiger partial charge >= 0.3 is 0 Å². The van der Waals surface area contributed by atoms with Gasteiger partial charge in [-0.25, -0.2) is 4.98 Å².